The molecule has 0 aliphatic carbocycles. The lowest BCUT2D eigenvalue weighted by Crippen LogP contribution is -2.40. The number of carbonyl (C=O) groups is 1. The number of nitrogens with zero attached hydrogens (tertiary/aromatic N) is 2. The second-order valence-electron chi connectivity index (χ2n) is 8.12. The predicted molar refractivity (Wildman–Crippen MR) is 134 cm³/mol. The minimum atomic E-state index is -3.86. The molecular formula is C26H27ClN2O5S. The largest absolute Gasteiger partial charge is 0.482 e. The van der Waals surface area contributed by atoms with Gasteiger partial charge in [-0.2, -0.15) is 4.31 Å². The fourth-order valence-corrected chi connectivity index (χ4v) is 5.60. The van der Waals surface area contributed by atoms with Crippen LogP contribution in [0.15, 0.2) is 83.8 Å². The molecule has 1 heterocycles. The lowest BCUT2D eigenvalue weighted by molar-refractivity contribution is -0.134. The van der Waals surface area contributed by atoms with Crippen LogP contribution >= 0.6 is 11.6 Å². The third-order valence-corrected chi connectivity index (χ3v) is 7.78. The zero-order valence-corrected chi connectivity index (χ0v) is 20.7. The van der Waals surface area contributed by atoms with Crippen molar-refractivity contribution in [3.8, 4) is 5.75 Å². The van der Waals surface area contributed by atoms with Crippen molar-refractivity contribution >= 4 is 27.5 Å². The number of hydrogen-bond donors (Lipinski definition) is 0. The predicted octanol–water partition coefficient (Wildman–Crippen LogP) is 3.97. The van der Waals surface area contributed by atoms with Gasteiger partial charge >= 0.3 is 0 Å². The van der Waals surface area contributed by atoms with Gasteiger partial charge in [0.1, 0.15) is 10.6 Å². The maximum absolute atomic E-state index is 13.3. The second-order valence-corrected chi connectivity index (χ2v) is 10.5. The SMILES string of the molecule is O=C(COc1ccc(Cl)cc1S(=O)(=O)N1CCOCC1)N(Cc1ccccc1)Cc1ccccc1. The topological polar surface area (TPSA) is 76.2 Å². The Balaban J connectivity index is 1.53. The van der Waals surface area contributed by atoms with Crippen LogP contribution in [0.5, 0.6) is 5.75 Å². The zero-order valence-electron chi connectivity index (χ0n) is 19.2. The van der Waals surface area contributed by atoms with Gasteiger partial charge in [0.25, 0.3) is 5.91 Å². The van der Waals surface area contributed by atoms with E-state index in [1.54, 1.807) is 11.0 Å². The number of carbonyl (C=O) groups excluding carboxylic acids is 1. The number of amides is 1. The number of halogens is 1. The summed E-state index contributed by atoms with van der Waals surface area (Å²) in [7, 11) is -3.86. The first-order valence-corrected chi connectivity index (χ1v) is 13.1. The highest BCUT2D eigenvalue weighted by molar-refractivity contribution is 7.89. The van der Waals surface area contributed by atoms with Crippen molar-refractivity contribution in [2.45, 2.75) is 18.0 Å². The Bertz CT molecular complexity index is 1190. The molecule has 9 heteroatoms. The summed E-state index contributed by atoms with van der Waals surface area (Å²) in [5.74, 6) is -0.170. The first-order valence-electron chi connectivity index (χ1n) is 11.3. The van der Waals surface area contributed by atoms with Gasteiger partial charge in [-0.15, -0.1) is 0 Å². The molecule has 35 heavy (non-hydrogen) atoms. The molecule has 0 unspecified atom stereocenters. The summed E-state index contributed by atoms with van der Waals surface area (Å²) < 4.78 is 38.9. The number of sulfonamides is 1. The Kier molecular flexibility index (Phi) is 8.41. The van der Waals surface area contributed by atoms with E-state index in [0.29, 0.717) is 26.3 Å². The van der Waals surface area contributed by atoms with Crippen LogP contribution in [0, 0.1) is 0 Å². The summed E-state index contributed by atoms with van der Waals surface area (Å²) >= 11 is 6.12. The molecule has 1 aliphatic heterocycles. The van der Waals surface area contributed by atoms with Crippen molar-refractivity contribution in [3.05, 3.63) is 95.0 Å². The molecule has 7 nitrogen and oxygen atoms in total. The minimum absolute atomic E-state index is 0.0580. The van der Waals surface area contributed by atoms with Crippen molar-refractivity contribution < 1.29 is 22.7 Å². The van der Waals surface area contributed by atoms with E-state index >= 15 is 0 Å². The average molecular weight is 515 g/mol. The van der Waals surface area contributed by atoms with Gasteiger partial charge in [-0.25, -0.2) is 8.42 Å². The van der Waals surface area contributed by atoms with Crippen LogP contribution in [0.4, 0.5) is 0 Å². The first kappa shape index (κ1) is 25.2. The van der Waals surface area contributed by atoms with E-state index in [4.69, 9.17) is 21.1 Å². The summed E-state index contributed by atoms with van der Waals surface area (Å²) in [6.45, 7) is 1.62. The van der Waals surface area contributed by atoms with Gasteiger partial charge in [0.2, 0.25) is 10.0 Å². The third-order valence-electron chi connectivity index (χ3n) is 5.63. The van der Waals surface area contributed by atoms with E-state index < -0.39 is 10.0 Å². The monoisotopic (exact) mass is 514 g/mol. The van der Waals surface area contributed by atoms with Gasteiger partial charge in [0.15, 0.2) is 6.61 Å². The molecule has 0 bridgehead atoms. The molecule has 0 N–H and O–H groups in total. The highest BCUT2D eigenvalue weighted by atomic mass is 35.5. The summed E-state index contributed by atoms with van der Waals surface area (Å²) in [6, 6.07) is 23.8. The summed E-state index contributed by atoms with van der Waals surface area (Å²) in [4.78, 5) is 14.9. The maximum atomic E-state index is 13.3. The van der Waals surface area contributed by atoms with Crippen LogP contribution in [0.25, 0.3) is 0 Å². The van der Waals surface area contributed by atoms with Crippen molar-refractivity contribution in [1.82, 2.24) is 9.21 Å². The fourth-order valence-electron chi connectivity index (χ4n) is 3.80. The van der Waals surface area contributed by atoms with Gasteiger partial charge in [0.05, 0.1) is 13.2 Å². The maximum Gasteiger partial charge on any atom is 0.261 e. The van der Waals surface area contributed by atoms with E-state index in [0.717, 1.165) is 11.1 Å². The normalized spacial score (nSPS) is 14.4. The highest BCUT2D eigenvalue weighted by Crippen LogP contribution is 2.30. The van der Waals surface area contributed by atoms with Gasteiger partial charge in [-0.1, -0.05) is 72.3 Å². The molecular weight excluding hydrogens is 488 g/mol. The van der Waals surface area contributed by atoms with E-state index in [2.05, 4.69) is 0 Å². The summed E-state index contributed by atoms with van der Waals surface area (Å²) in [5.41, 5.74) is 1.97. The van der Waals surface area contributed by atoms with Gasteiger partial charge in [-0.3, -0.25) is 4.79 Å². The molecule has 1 fully saturated rings. The number of ether oxygens (including phenoxy) is 2. The van der Waals surface area contributed by atoms with Crippen LogP contribution in [-0.4, -0.2) is 56.4 Å². The van der Waals surface area contributed by atoms with Crippen LogP contribution in [0.3, 0.4) is 0 Å². The molecule has 3 aromatic carbocycles. The van der Waals surface area contributed by atoms with Crippen molar-refractivity contribution in [1.29, 1.82) is 0 Å². The van der Waals surface area contributed by atoms with E-state index in [-0.39, 0.29) is 41.3 Å². The Morgan fingerprint density at radius 1 is 0.914 bits per heavy atom. The molecule has 0 atom stereocenters. The highest BCUT2D eigenvalue weighted by Gasteiger charge is 2.30. The van der Waals surface area contributed by atoms with E-state index in [1.807, 2.05) is 60.7 Å². The van der Waals surface area contributed by atoms with E-state index in [1.165, 1.54) is 16.4 Å². The Hall–Kier alpha value is -2.91. The zero-order chi connectivity index (χ0) is 24.7. The molecule has 0 aromatic heterocycles. The van der Waals surface area contributed by atoms with Crippen molar-refractivity contribution in [2.24, 2.45) is 0 Å². The number of rotatable bonds is 9. The Labute approximate surface area is 210 Å². The third kappa shape index (κ3) is 6.61. The van der Waals surface area contributed by atoms with Crippen molar-refractivity contribution in [2.75, 3.05) is 32.9 Å². The van der Waals surface area contributed by atoms with E-state index in [9.17, 15) is 13.2 Å². The molecule has 1 aliphatic rings. The number of morpholine rings is 1. The number of benzene rings is 3. The standard InChI is InChI=1S/C26H27ClN2O5S/c27-23-11-12-24(25(17-23)35(31,32)29-13-15-33-16-14-29)34-20-26(30)28(18-21-7-3-1-4-8-21)19-22-9-5-2-6-10-22/h1-12,17H,13-16,18-20H2. The molecule has 4 rings (SSSR count). The molecule has 0 saturated carbocycles. The number of hydrogen-bond acceptors (Lipinski definition) is 5. The van der Waals surface area contributed by atoms with Gasteiger partial charge in [0, 0.05) is 31.2 Å². The van der Waals surface area contributed by atoms with Crippen LogP contribution < -0.4 is 4.74 Å². The molecule has 1 amide bonds. The summed E-state index contributed by atoms with van der Waals surface area (Å²) in [5, 5.41) is 0.269. The average Bonchev–Trinajstić information content (AvgIpc) is 2.89. The van der Waals surface area contributed by atoms with Crippen LogP contribution in [0.2, 0.25) is 5.02 Å². The molecule has 0 spiro atoms. The van der Waals surface area contributed by atoms with Gasteiger partial charge in [-0.05, 0) is 29.3 Å². The molecule has 184 valence electrons. The van der Waals surface area contributed by atoms with Crippen LogP contribution in [-0.2, 0) is 32.6 Å². The smallest absolute Gasteiger partial charge is 0.261 e. The Morgan fingerprint density at radius 3 is 2.06 bits per heavy atom. The second kappa shape index (κ2) is 11.7. The summed E-state index contributed by atoms with van der Waals surface area (Å²) in [6.07, 6.45) is 0. The minimum Gasteiger partial charge on any atom is -0.482 e. The fraction of sp³-hybridized carbons (Fsp3) is 0.269. The van der Waals surface area contributed by atoms with Gasteiger partial charge < -0.3 is 14.4 Å². The molecule has 1 saturated heterocycles. The Morgan fingerprint density at radius 2 is 1.49 bits per heavy atom. The lowest BCUT2D eigenvalue weighted by Gasteiger charge is -2.27. The first-order chi connectivity index (χ1) is 16.9. The quantitative estimate of drug-likeness (QED) is 0.432. The molecule has 0 radical (unpaired) electrons. The van der Waals surface area contributed by atoms with Crippen molar-refractivity contribution in [3.63, 3.8) is 0 Å². The van der Waals surface area contributed by atoms with Crippen LogP contribution in [0.1, 0.15) is 11.1 Å². The lowest BCUT2D eigenvalue weighted by atomic mass is 10.1. The molecule has 3 aromatic rings.